The van der Waals surface area contributed by atoms with Gasteiger partial charge in [-0.25, -0.2) is 0 Å². The number of carbonyl (C=O) groups excluding carboxylic acids is 2. The maximum atomic E-state index is 12.3. The van der Waals surface area contributed by atoms with Crippen molar-refractivity contribution in [3.05, 3.63) is 59.2 Å². The van der Waals surface area contributed by atoms with Gasteiger partial charge in [-0.15, -0.1) is 0 Å². The van der Waals surface area contributed by atoms with Crippen molar-refractivity contribution in [2.75, 3.05) is 18.5 Å². The Labute approximate surface area is 179 Å². The number of hydrogen-bond donors (Lipinski definition) is 1. The highest BCUT2D eigenvalue weighted by molar-refractivity contribution is 5.92. The van der Waals surface area contributed by atoms with E-state index in [4.69, 9.17) is 4.74 Å². The summed E-state index contributed by atoms with van der Waals surface area (Å²) in [6.07, 6.45) is 0.843. The summed E-state index contributed by atoms with van der Waals surface area (Å²) in [6.45, 7) is 11.6. The molecule has 0 saturated heterocycles. The third-order valence-corrected chi connectivity index (χ3v) is 5.40. The van der Waals surface area contributed by atoms with E-state index in [0.29, 0.717) is 12.3 Å². The lowest BCUT2D eigenvalue weighted by atomic mass is 9.87. The van der Waals surface area contributed by atoms with Crippen molar-refractivity contribution >= 4 is 17.5 Å². The van der Waals surface area contributed by atoms with Crippen molar-refractivity contribution in [3.8, 4) is 5.75 Å². The van der Waals surface area contributed by atoms with E-state index in [1.165, 1.54) is 11.1 Å². The second-order valence-electron chi connectivity index (χ2n) is 9.26. The molecule has 2 amide bonds. The van der Waals surface area contributed by atoms with Gasteiger partial charge in [-0.3, -0.25) is 9.59 Å². The Bertz CT molecular complexity index is 911. The lowest BCUT2D eigenvalue weighted by molar-refractivity contribution is -0.135. The van der Waals surface area contributed by atoms with Crippen LogP contribution < -0.4 is 10.1 Å². The molecule has 0 aromatic heterocycles. The zero-order valence-corrected chi connectivity index (χ0v) is 18.6. The minimum absolute atomic E-state index is 0.0101. The van der Waals surface area contributed by atoms with Gasteiger partial charge in [0.05, 0.1) is 0 Å². The summed E-state index contributed by atoms with van der Waals surface area (Å²) in [7, 11) is 0. The number of fused-ring (bicyclic) bond motifs is 1. The maximum absolute atomic E-state index is 12.3. The summed E-state index contributed by atoms with van der Waals surface area (Å²) >= 11 is 0. The van der Waals surface area contributed by atoms with Crippen LogP contribution in [-0.2, 0) is 28.0 Å². The molecule has 0 bridgehead atoms. The van der Waals surface area contributed by atoms with Crippen molar-refractivity contribution in [2.45, 2.75) is 53.0 Å². The van der Waals surface area contributed by atoms with Crippen LogP contribution in [0.25, 0.3) is 0 Å². The fourth-order valence-electron chi connectivity index (χ4n) is 3.59. The molecule has 3 rings (SSSR count). The van der Waals surface area contributed by atoms with Crippen molar-refractivity contribution in [2.24, 2.45) is 5.92 Å². The van der Waals surface area contributed by atoms with E-state index in [1.807, 2.05) is 61.2 Å². The van der Waals surface area contributed by atoms with Crippen molar-refractivity contribution in [1.82, 2.24) is 4.90 Å². The second kappa shape index (κ2) is 8.90. The monoisotopic (exact) mass is 408 g/mol. The number of hydrogen-bond acceptors (Lipinski definition) is 3. The predicted molar refractivity (Wildman–Crippen MR) is 120 cm³/mol. The summed E-state index contributed by atoms with van der Waals surface area (Å²) in [5, 5.41) is 2.90. The smallest absolute Gasteiger partial charge is 0.262 e. The van der Waals surface area contributed by atoms with Crippen LogP contribution in [0.2, 0.25) is 0 Å². The molecule has 0 spiro atoms. The van der Waals surface area contributed by atoms with Gasteiger partial charge in [0.2, 0.25) is 5.91 Å². The number of rotatable bonds is 5. The van der Waals surface area contributed by atoms with Gasteiger partial charge >= 0.3 is 0 Å². The van der Waals surface area contributed by atoms with E-state index < -0.39 is 0 Å². The number of amides is 2. The van der Waals surface area contributed by atoms with Gasteiger partial charge in [0.25, 0.3) is 5.91 Å². The zero-order chi connectivity index (χ0) is 21.9. The summed E-state index contributed by atoms with van der Waals surface area (Å²) in [5.74, 6) is 0.622. The first-order chi connectivity index (χ1) is 14.1. The molecule has 30 heavy (non-hydrogen) atoms. The molecule has 1 N–H and O–H groups in total. The van der Waals surface area contributed by atoms with Gasteiger partial charge in [0.1, 0.15) is 5.75 Å². The largest absolute Gasteiger partial charge is 0.484 e. The van der Waals surface area contributed by atoms with Crippen LogP contribution in [0.1, 0.15) is 51.3 Å². The SMILES string of the molecule is CC(C)C(=O)N1CCc2ccc(NC(=O)COc3ccc(C(C)(C)C)cc3)cc2C1. The Balaban J connectivity index is 1.57. The molecule has 1 aliphatic heterocycles. The molecular weight excluding hydrogens is 376 g/mol. The van der Waals surface area contributed by atoms with Gasteiger partial charge in [-0.2, -0.15) is 0 Å². The van der Waals surface area contributed by atoms with Crippen molar-refractivity contribution < 1.29 is 14.3 Å². The van der Waals surface area contributed by atoms with Gasteiger partial charge in [-0.05, 0) is 52.8 Å². The molecule has 0 saturated carbocycles. The molecule has 1 aliphatic rings. The molecule has 160 valence electrons. The van der Waals surface area contributed by atoms with Gasteiger partial charge in [-0.1, -0.05) is 52.8 Å². The predicted octanol–water partition coefficient (Wildman–Crippen LogP) is 4.54. The van der Waals surface area contributed by atoms with E-state index in [-0.39, 0.29) is 29.8 Å². The number of anilines is 1. The van der Waals surface area contributed by atoms with Gasteiger partial charge in [0.15, 0.2) is 6.61 Å². The normalized spacial score (nSPS) is 13.7. The van der Waals surface area contributed by atoms with E-state index in [0.717, 1.165) is 24.2 Å². The minimum Gasteiger partial charge on any atom is -0.484 e. The first-order valence-corrected chi connectivity index (χ1v) is 10.6. The van der Waals surface area contributed by atoms with Crippen LogP contribution in [0, 0.1) is 5.92 Å². The molecule has 0 radical (unpaired) electrons. The molecule has 5 heteroatoms. The number of ether oxygens (including phenoxy) is 1. The molecule has 0 unspecified atom stereocenters. The summed E-state index contributed by atoms with van der Waals surface area (Å²) in [5.41, 5.74) is 4.35. The number of carbonyl (C=O) groups is 2. The molecule has 0 atom stereocenters. The average molecular weight is 409 g/mol. The van der Waals surface area contributed by atoms with Crippen LogP contribution in [0.4, 0.5) is 5.69 Å². The molecule has 2 aromatic carbocycles. The third-order valence-electron chi connectivity index (χ3n) is 5.40. The highest BCUT2D eigenvalue weighted by Gasteiger charge is 2.23. The lowest BCUT2D eigenvalue weighted by Crippen LogP contribution is -2.38. The molecule has 1 heterocycles. The van der Waals surface area contributed by atoms with E-state index >= 15 is 0 Å². The minimum atomic E-state index is -0.208. The Morgan fingerprint density at radius 1 is 1.07 bits per heavy atom. The highest BCUT2D eigenvalue weighted by atomic mass is 16.5. The fourth-order valence-corrected chi connectivity index (χ4v) is 3.59. The van der Waals surface area contributed by atoms with E-state index in [1.54, 1.807) is 0 Å². The molecule has 0 aliphatic carbocycles. The third kappa shape index (κ3) is 5.41. The number of nitrogens with one attached hydrogen (secondary N) is 1. The zero-order valence-electron chi connectivity index (χ0n) is 18.6. The molecule has 2 aromatic rings. The maximum Gasteiger partial charge on any atom is 0.262 e. The van der Waals surface area contributed by atoms with Gasteiger partial charge in [0, 0.05) is 24.7 Å². The van der Waals surface area contributed by atoms with Crippen LogP contribution >= 0.6 is 0 Å². The van der Waals surface area contributed by atoms with Crippen LogP contribution in [0.15, 0.2) is 42.5 Å². The van der Waals surface area contributed by atoms with E-state index in [9.17, 15) is 9.59 Å². The summed E-state index contributed by atoms with van der Waals surface area (Å²) < 4.78 is 5.63. The first-order valence-electron chi connectivity index (χ1n) is 10.6. The standard InChI is InChI=1S/C25H32N2O3/c1-17(2)24(29)27-13-12-18-6-9-21(14-19(18)15-27)26-23(28)16-30-22-10-7-20(8-11-22)25(3,4)5/h6-11,14,17H,12-13,15-16H2,1-5H3,(H,26,28). The first kappa shape index (κ1) is 21.9. The number of benzene rings is 2. The average Bonchev–Trinajstić information content (AvgIpc) is 2.70. The van der Waals surface area contributed by atoms with Gasteiger partial charge < -0.3 is 15.0 Å². The fraction of sp³-hybridized carbons (Fsp3) is 0.440. The molecule has 5 nitrogen and oxygen atoms in total. The Morgan fingerprint density at radius 3 is 2.40 bits per heavy atom. The Kier molecular flexibility index (Phi) is 6.49. The van der Waals surface area contributed by atoms with Crippen LogP contribution in [-0.4, -0.2) is 29.9 Å². The Hall–Kier alpha value is -2.82. The van der Waals surface area contributed by atoms with Crippen LogP contribution in [0.3, 0.4) is 0 Å². The second-order valence-corrected chi connectivity index (χ2v) is 9.26. The van der Waals surface area contributed by atoms with Crippen molar-refractivity contribution in [1.29, 1.82) is 0 Å². The van der Waals surface area contributed by atoms with E-state index in [2.05, 4.69) is 26.1 Å². The summed E-state index contributed by atoms with van der Waals surface area (Å²) in [6, 6.07) is 13.8. The molecule has 0 fully saturated rings. The quantitative estimate of drug-likeness (QED) is 0.790. The highest BCUT2D eigenvalue weighted by Crippen LogP contribution is 2.25. The molecular formula is C25H32N2O3. The van der Waals surface area contributed by atoms with Crippen LogP contribution in [0.5, 0.6) is 5.75 Å². The van der Waals surface area contributed by atoms with Crippen molar-refractivity contribution in [3.63, 3.8) is 0 Å². The topological polar surface area (TPSA) is 58.6 Å². The summed E-state index contributed by atoms with van der Waals surface area (Å²) in [4.78, 5) is 26.5. The lowest BCUT2D eigenvalue weighted by Gasteiger charge is -2.30. The Morgan fingerprint density at radius 2 is 1.77 bits per heavy atom. The number of nitrogens with zero attached hydrogens (tertiary/aromatic N) is 1.